The van der Waals surface area contributed by atoms with Gasteiger partial charge in [-0.3, -0.25) is 0 Å². The number of hydrogen-bond donors (Lipinski definition) is 1. The summed E-state index contributed by atoms with van der Waals surface area (Å²) in [6, 6.07) is 0. The van der Waals surface area contributed by atoms with E-state index in [0.717, 1.165) is 13.1 Å². The average Bonchev–Trinajstić information content (AvgIpc) is 1.82. The molecule has 0 aliphatic carbocycles. The predicted octanol–water partition coefficient (Wildman–Crippen LogP) is -4.00. The molecule has 0 radical (unpaired) electrons. The number of likely N-dealkylation sites (N-methyl/N-ethyl adjacent to an activating group) is 2. The summed E-state index contributed by atoms with van der Waals surface area (Å²) in [5.74, 6) is 0. The molecule has 0 saturated carbocycles. The van der Waals surface area contributed by atoms with Crippen LogP contribution in [-0.2, 0) is 0 Å². The van der Waals surface area contributed by atoms with E-state index in [1.165, 1.54) is 0 Å². The number of carbonyl (C=O) groups is 1. The van der Waals surface area contributed by atoms with Crippen LogP contribution in [0.15, 0.2) is 0 Å². The summed E-state index contributed by atoms with van der Waals surface area (Å²) in [4.78, 5) is 12.8. The van der Waals surface area contributed by atoms with Crippen LogP contribution in [0.4, 0.5) is 4.79 Å². The van der Waals surface area contributed by atoms with Gasteiger partial charge in [0, 0.05) is 13.1 Å². The zero-order valence-corrected chi connectivity index (χ0v) is 12.2. The summed E-state index contributed by atoms with van der Waals surface area (Å²) in [6.07, 6.45) is -2.08. The van der Waals surface area contributed by atoms with Crippen LogP contribution in [0.5, 0.6) is 0 Å². The van der Waals surface area contributed by atoms with Crippen molar-refractivity contribution in [3.63, 3.8) is 0 Å². The fourth-order valence-electron chi connectivity index (χ4n) is 0.400. The molecule has 0 amide bonds. The minimum Gasteiger partial charge on any atom is -0.565 e. The van der Waals surface area contributed by atoms with Gasteiger partial charge in [0.15, 0.2) is 0 Å². The Labute approximate surface area is 122 Å². The van der Waals surface area contributed by atoms with Gasteiger partial charge in [-0.05, 0) is 28.2 Å². The Morgan fingerprint density at radius 2 is 1.31 bits per heavy atom. The van der Waals surface area contributed by atoms with Gasteiger partial charge in [-0.25, -0.2) is 0 Å². The van der Waals surface area contributed by atoms with E-state index in [9.17, 15) is 0 Å². The normalized spacial score (nSPS) is 8.77. The first-order valence-corrected chi connectivity index (χ1v) is 3.55. The molecule has 1 N–H and O–H groups in total. The van der Waals surface area contributed by atoms with Crippen LogP contribution >= 0.6 is 0 Å². The summed E-state index contributed by atoms with van der Waals surface area (Å²) >= 11 is 0. The van der Waals surface area contributed by atoms with Crippen molar-refractivity contribution >= 4 is 6.16 Å². The third kappa shape index (κ3) is 44.3. The molecular weight excluding hydrogens is 199 g/mol. The molecule has 0 unspecified atom stereocenters. The van der Waals surface area contributed by atoms with Crippen molar-refractivity contribution in [2.24, 2.45) is 0 Å². The largest absolute Gasteiger partial charge is 1.00 e. The minimum absolute atomic E-state index is 0. The molecular formula is C7H17KN2O3. The first kappa shape index (κ1) is 19.4. The average molecular weight is 216 g/mol. The monoisotopic (exact) mass is 216 g/mol. The Balaban J connectivity index is -0.000000173. The van der Waals surface area contributed by atoms with E-state index in [-0.39, 0.29) is 51.4 Å². The summed E-state index contributed by atoms with van der Waals surface area (Å²) < 4.78 is 0. The molecule has 0 atom stereocenters. The van der Waals surface area contributed by atoms with E-state index in [1.807, 2.05) is 0 Å². The van der Waals surface area contributed by atoms with Crippen LogP contribution in [-0.4, -0.2) is 62.3 Å². The second-order valence-corrected chi connectivity index (χ2v) is 2.87. The third-order valence-electron chi connectivity index (χ3n) is 0.994. The molecule has 0 saturated heterocycles. The molecule has 0 aliphatic heterocycles. The van der Waals surface area contributed by atoms with Gasteiger partial charge in [0.05, 0.1) is 0 Å². The van der Waals surface area contributed by atoms with E-state index in [4.69, 9.17) is 15.0 Å². The molecule has 0 aromatic heterocycles. The Bertz CT molecular complexity index is 108. The number of carboxylic acid groups (broad SMARTS) is 2. The summed E-state index contributed by atoms with van der Waals surface area (Å²) in [5, 5.41) is 15.3. The van der Waals surface area contributed by atoms with Crippen molar-refractivity contribution in [2.45, 2.75) is 0 Å². The Kier molecular flexibility index (Phi) is 19.1. The molecule has 0 spiro atoms. The van der Waals surface area contributed by atoms with Crippen LogP contribution in [0.25, 0.3) is 0 Å². The molecule has 0 heterocycles. The van der Waals surface area contributed by atoms with Gasteiger partial charge in [0.2, 0.25) is 6.16 Å². The molecule has 5 nitrogen and oxygen atoms in total. The Morgan fingerprint density at radius 3 is 1.38 bits per heavy atom. The Hall–Kier alpha value is 0.826. The number of rotatable bonds is 3. The minimum atomic E-state index is -2.08. The molecule has 0 aliphatic rings. The van der Waals surface area contributed by atoms with Crippen LogP contribution in [0.1, 0.15) is 0 Å². The van der Waals surface area contributed by atoms with Gasteiger partial charge in [0.1, 0.15) is 0 Å². The van der Waals surface area contributed by atoms with Crippen molar-refractivity contribution in [3.05, 3.63) is 0 Å². The van der Waals surface area contributed by atoms with Gasteiger partial charge in [0.25, 0.3) is 0 Å². The van der Waals surface area contributed by atoms with E-state index in [2.05, 4.69) is 38.0 Å². The molecule has 0 fully saturated rings. The zero-order chi connectivity index (χ0) is 10.1. The second-order valence-electron chi connectivity index (χ2n) is 2.87. The summed E-state index contributed by atoms with van der Waals surface area (Å²) in [6.45, 7) is 2.29. The number of nitrogens with zero attached hydrogens (tertiary/aromatic N) is 2. The fraction of sp³-hybridized carbons (Fsp3) is 0.857. The zero-order valence-electron chi connectivity index (χ0n) is 9.07. The van der Waals surface area contributed by atoms with Crippen LogP contribution in [0.2, 0.25) is 0 Å². The van der Waals surface area contributed by atoms with Crippen molar-refractivity contribution in [3.8, 4) is 0 Å². The second kappa shape index (κ2) is 12.8. The molecule has 0 aromatic carbocycles. The first-order valence-electron chi connectivity index (χ1n) is 3.55. The third-order valence-corrected chi connectivity index (χ3v) is 0.994. The smallest absolute Gasteiger partial charge is 0.565 e. The van der Waals surface area contributed by atoms with Crippen molar-refractivity contribution in [1.82, 2.24) is 9.80 Å². The van der Waals surface area contributed by atoms with E-state index >= 15 is 0 Å². The van der Waals surface area contributed by atoms with Crippen LogP contribution in [0, 0.1) is 0 Å². The molecule has 0 aromatic rings. The maximum absolute atomic E-state index is 8.44. The van der Waals surface area contributed by atoms with Gasteiger partial charge >= 0.3 is 51.4 Å². The van der Waals surface area contributed by atoms with Crippen molar-refractivity contribution in [2.75, 3.05) is 41.3 Å². The molecule has 6 heteroatoms. The van der Waals surface area contributed by atoms with Gasteiger partial charge < -0.3 is 24.8 Å². The van der Waals surface area contributed by atoms with Crippen molar-refractivity contribution in [1.29, 1.82) is 0 Å². The summed E-state index contributed by atoms with van der Waals surface area (Å²) in [5.41, 5.74) is 0. The first-order chi connectivity index (χ1) is 5.36. The quantitative estimate of drug-likeness (QED) is 0.487. The summed E-state index contributed by atoms with van der Waals surface area (Å²) in [7, 11) is 8.35. The van der Waals surface area contributed by atoms with Crippen LogP contribution < -0.4 is 56.5 Å². The van der Waals surface area contributed by atoms with Crippen LogP contribution in [0.3, 0.4) is 0 Å². The number of hydrogen-bond acceptors (Lipinski definition) is 4. The van der Waals surface area contributed by atoms with Gasteiger partial charge in [-0.15, -0.1) is 0 Å². The van der Waals surface area contributed by atoms with Crippen molar-refractivity contribution < 1.29 is 66.4 Å². The molecule has 0 rings (SSSR count). The molecule has 0 bridgehead atoms. The Morgan fingerprint density at radius 1 is 1.15 bits per heavy atom. The fourth-order valence-corrected chi connectivity index (χ4v) is 0.400. The standard InChI is InChI=1S/C6H16N2.CH2O3.K/c1-7(2)5-6-8(3)4;2-1(3)4;/h5-6H2,1-4H3;(H2,2,3,4);/q;;+1/p-1. The molecule has 74 valence electrons. The SMILES string of the molecule is CN(C)CCN(C)C.O=C([O-])O.[K+]. The van der Waals surface area contributed by atoms with E-state index in [0.29, 0.717) is 0 Å². The van der Waals surface area contributed by atoms with E-state index < -0.39 is 6.16 Å². The van der Waals surface area contributed by atoms with E-state index in [1.54, 1.807) is 0 Å². The van der Waals surface area contributed by atoms with Gasteiger partial charge in [-0.1, -0.05) is 0 Å². The molecule has 13 heavy (non-hydrogen) atoms. The predicted molar refractivity (Wildman–Crippen MR) is 45.1 cm³/mol. The van der Waals surface area contributed by atoms with Gasteiger partial charge in [-0.2, -0.15) is 0 Å². The maximum atomic E-state index is 8.44. The maximum Gasteiger partial charge on any atom is 1.00 e. The topological polar surface area (TPSA) is 66.8 Å².